The molecule has 0 amide bonds. The fourth-order valence-corrected chi connectivity index (χ4v) is 1.22. The maximum absolute atomic E-state index is 10.4. The van der Waals surface area contributed by atoms with Gasteiger partial charge in [-0.1, -0.05) is 6.07 Å². The fraction of sp³-hybridized carbons (Fsp3) is 0.455. The molecule has 1 heterocycles. The molecule has 0 spiro atoms. The second-order valence-corrected chi connectivity index (χ2v) is 3.35. The van der Waals surface area contributed by atoms with Gasteiger partial charge in [0.15, 0.2) is 0 Å². The number of carboxylic acids is 1. The van der Waals surface area contributed by atoms with E-state index in [1.165, 1.54) is 0 Å². The first-order valence-electron chi connectivity index (χ1n) is 4.92. The van der Waals surface area contributed by atoms with Crippen molar-refractivity contribution in [2.75, 3.05) is 6.61 Å². The lowest BCUT2D eigenvalue weighted by Gasteiger charge is -2.09. The normalized spacial score (nSPS) is 12.3. The average Bonchev–Trinajstić information content (AvgIpc) is 2.18. The van der Waals surface area contributed by atoms with E-state index in [9.17, 15) is 4.79 Å². The van der Waals surface area contributed by atoms with Crippen LogP contribution in [0.5, 0.6) is 0 Å². The van der Waals surface area contributed by atoms with Gasteiger partial charge in [-0.05, 0) is 19.1 Å². The van der Waals surface area contributed by atoms with E-state index in [0.29, 0.717) is 13.0 Å². The minimum absolute atomic E-state index is 0.0439. The predicted molar refractivity (Wildman–Crippen MR) is 55.6 cm³/mol. The number of hydrogen-bond donors (Lipinski definition) is 1. The Morgan fingerprint density at radius 2 is 2.40 bits per heavy atom. The van der Waals surface area contributed by atoms with Crippen molar-refractivity contribution in [2.45, 2.75) is 25.9 Å². The molecule has 1 aromatic heterocycles. The third-order valence-corrected chi connectivity index (χ3v) is 1.95. The Hall–Kier alpha value is -1.42. The molecule has 0 bridgehead atoms. The molecule has 0 aliphatic rings. The average molecular weight is 209 g/mol. The van der Waals surface area contributed by atoms with Crippen molar-refractivity contribution in [1.29, 1.82) is 0 Å². The summed E-state index contributed by atoms with van der Waals surface area (Å²) in [7, 11) is 0. The van der Waals surface area contributed by atoms with Gasteiger partial charge in [0.1, 0.15) is 0 Å². The van der Waals surface area contributed by atoms with Gasteiger partial charge in [-0.2, -0.15) is 0 Å². The molecule has 82 valence electrons. The standard InChI is InChI=1S/C11H15NO3/c1-9(8-11(13)14)15-7-5-10-4-2-3-6-12-10/h2-4,6,9H,5,7-8H2,1H3,(H,13,14). The highest BCUT2D eigenvalue weighted by Crippen LogP contribution is 2.00. The molecule has 4 nitrogen and oxygen atoms in total. The second-order valence-electron chi connectivity index (χ2n) is 3.35. The molecule has 0 radical (unpaired) electrons. The van der Waals surface area contributed by atoms with Crippen LogP contribution in [-0.4, -0.2) is 28.8 Å². The van der Waals surface area contributed by atoms with Crippen LogP contribution >= 0.6 is 0 Å². The van der Waals surface area contributed by atoms with Crippen molar-refractivity contribution < 1.29 is 14.6 Å². The molecular weight excluding hydrogens is 194 g/mol. The molecule has 0 saturated heterocycles. The first-order valence-corrected chi connectivity index (χ1v) is 4.92. The molecule has 0 saturated carbocycles. The Kier molecular flexibility index (Phi) is 4.77. The first kappa shape index (κ1) is 11.7. The third-order valence-electron chi connectivity index (χ3n) is 1.95. The van der Waals surface area contributed by atoms with Gasteiger partial charge in [0.2, 0.25) is 0 Å². The summed E-state index contributed by atoms with van der Waals surface area (Å²) in [4.78, 5) is 14.5. The zero-order chi connectivity index (χ0) is 11.1. The highest BCUT2D eigenvalue weighted by molar-refractivity contribution is 5.67. The monoisotopic (exact) mass is 209 g/mol. The summed E-state index contributed by atoms with van der Waals surface area (Å²) in [6.07, 6.45) is 2.24. The van der Waals surface area contributed by atoms with Gasteiger partial charge in [0.05, 0.1) is 19.1 Å². The molecule has 15 heavy (non-hydrogen) atoms. The van der Waals surface area contributed by atoms with E-state index in [0.717, 1.165) is 5.69 Å². The van der Waals surface area contributed by atoms with Gasteiger partial charge < -0.3 is 9.84 Å². The molecule has 4 heteroatoms. The van der Waals surface area contributed by atoms with E-state index >= 15 is 0 Å². The highest BCUT2D eigenvalue weighted by Gasteiger charge is 2.07. The molecule has 0 fully saturated rings. The lowest BCUT2D eigenvalue weighted by molar-refractivity contribution is -0.139. The summed E-state index contributed by atoms with van der Waals surface area (Å²) >= 11 is 0. The first-order chi connectivity index (χ1) is 7.18. The Morgan fingerprint density at radius 1 is 1.60 bits per heavy atom. The fourth-order valence-electron chi connectivity index (χ4n) is 1.22. The van der Waals surface area contributed by atoms with Crippen LogP contribution in [0.3, 0.4) is 0 Å². The number of hydrogen-bond acceptors (Lipinski definition) is 3. The number of aromatic nitrogens is 1. The van der Waals surface area contributed by atoms with Crippen LogP contribution in [0.4, 0.5) is 0 Å². The molecule has 1 atom stereocenters. The summed E-state index contributed by atoms with van der Waals surface area (Å²) in [5.74, 6) is -0.833. The highest BCUT2D eigenvalue weighted by atomic mass is 16.5. The maximum atomic E-state index is 10.4. The summed E-state index contributed by atoms with van der Waals surface area (Å²) in [6.45, 7) is 2.26. The number of rotatable bonds is 6. The summed E-state index contributed by atoms with van der Waals surface area (Å²) < 4.78 is 5.34. The molecular formula is C11H15NO3. The summed E-state index contributed by atoms with van der Waals surface area (Å²) in [6, 6.07) is 5.70. The number of carboxylic acid groups (broad SMARTS) is 1. The number of ether oxygens (including phenoxy) is 1. The Balaban J connectivity index is 2.19. The van der Waals surface area contributed by atoms with E-state index in [1.807, 2.05) is 18.2 Å². The van der Waals surface area contributed by atoms with Crippen molar-refractivity contribution >= 4 is 5.97 Å². The topological polar surface area (TPSA) is 59.4 Å². The number of aliphatic carboxylic acids is 1. The largest absolute Gasteiger partial charge is 0.481 e. The molecule has 1 rings (SSSR count). The summed E-state index contributed by atoms with van der Waals surface area (Å²) in [5.41, 5.74) is 0.958. The minimum Gasteiger partial charge on any atom is -0.481 e. The number of carbonyl (C=O) groups is 1. The summed E-state index contributed by atoms with van der Waals surface area (Å²) in [5, 5.41) is 8.51. The maximum Gasteiger partial charge on any atom is 0.305 e. The van der Waals surface area contributed by atoms with Crippen molar-refractivity contribution in [3.05, 3.63) is 30.1 Å². The van der Waals surface area contributed by atoms with Gasteiger partial charge in [-0.3, -0.25) is 9.78 Å². The smallest absolute Gasteiger partial charge is 0.305 e. The van der Waals surface area contributed by atoms with E-state index in [4.69, 9.17) is 9.84 Å². The second kappa shape index (κ2) is 6.14. The Bertz CT molecular complexity index is 300. The predicted octanol–water partition coefficient (Wildman–Crippen LogP) is 1.50. The molecule has 0 aliphatic heterocycles. The van der Waals surface area contributed by atoms with Gasteiger partial charge in [0, 0.05) is 18.3 Å². The van der Waals surface area contributed by atoms with Crippen LogP contribution in [0, 0.1) is 0 Å². The van der Waals surface area contributed by atoms with Crippen LogP contribution < -0.4 is 0 Å². The molecule has 1 unspecified atom stereocenters. The Morgan fingerprint density at radius 3 is 3.00 bits per heavy atom. The lowest BCUT2D eigenvalue weighted by atomic mass is 10.2. The van der Waals surface area contributed by atoms with E-state index < -0.39 is 5.97 Å². The van der Waals surface area contributed by atoms with Crippen LogP contribution in [-0.2, 0) is 16.0 Å². The van der Waals surface area contributed by atoms with Gasteiger partial charge in [0.25, 0.3) is 0 Å². The van der Waals surface area contributed by atoms with Crippen LogP contribution in [0.1, 0.15) is 19.0 Å². The Labute approximate surface area is 88.9 Å². The van der Waals surface area contributed by atoms with E-state index in [2.05, 4.69) is 4.98 Å². The SMILES string of the molecule is CC(CC(=O)O)OCCc1ccccn1. The van der Waals surface area contributed by atoms with Gasteiger partial charge >= 0.3 is 5.97 Å². The van der Waals surface area contributed by atoms with Gasteiger partial charge in [-0.15, -0.1) is 0 Å². The van der Waals surface area contributed by atoms with Gasteiger partial charge in [-0.25, -0.2) is 0 Å². The zero-order valence-electron chi connectivity index (χ0n) is 8.72. The van der Waals surface area contributed by atoms with Crippen LogP contribution in [0.2, 0.25) is 0 Å². The minimum atomic E-state index is -0.833. The number of nitrogens with zero attached hydrogens (tertiary/aromatic N) is 1. The van der Waals surface area contributed by atoms with Crippen molar-refractivity contribution in [3.63, 3.8) is 0 Å². The zero-order valence-corrected chi connectivity index (χ0v) is 8.72. The molecule has 1 aromatic rings. The van der Waals surface area contributed by atoms with Crippen LogP contribution in [0.15, 0.2) is 24.4 Å². The molecule has 1 N–H and O–H groups in total. The van der Waals surface area contributed by atoms with Crippen LogP contribution in [0.25, 0.3) is 0 Å². The molecule has 0 aliphatic carbocycles. The van der Waals surface area contributed by atoms with Crippen molar-refractivity contribution in [1.82, 2.24) is 4.98 Å². The van der Waals surface area contributed by atoms with E-state index in [1.54, 1.807) is 13.1 Å². The van der Waals surface area contributed by atoms with Crippen molar-refractivity contribution in [2.24, 2.45) is 0 Å². The molecule has 0 aromatic carbocycles. The quantitative estimate of drug-likeness (QED) is 0.771. The van der Waals surface area contributed by atoms with Crippen molar-refractivity contribution in [3.8, 4) is 0 Å². The lowest BCUT2D eigenvalue weighted by Crippen LogP contribution is -2.15. The third kappa shape index (κ3) is 5.12. The number of pyridine rings is 1. The van der Waals surface area contributed by atoms with E-state index in [-0.39, 0.29) is 12.5 Å².